The van der Waals surface area contributed by atoms with Crippen molar-refractivity contribution in [3.63, 3.8) is 0 Å². The van der Waals surface area contributed by atoms with E-state index >= 15 is 0 Å². The quantitative estimate of drug-likeness (QED) is 0.673. The zero-order valence-corrected chi connectivity index (χ0v) is 18.4. The molecule has 0 saturated carbocycles. The van der Waals surface area contributed by atoms with Gasteiger partial charge in [-0.2, -0.15) is 4.57 Å². The number of fused-ring (bicyclic) bond motifs is 3. The Morgan fingerprint density at radius 2 is 1.60 bits per heavy atom. The number of nitrogens with one attached hydrogen (secondary N) is 1. The molecule has 30 heavy (non-hydrogen) atoms. The topological polar surface area (TPSA) is 56.4 Å². The first-order valence-corrected chi connectivity index (χ1v) is 10.1. The summed E-state index contributed by atoms with van der Waals surface area (Å²) in [6.45, 7) is 6.89. The molecule has 6 heteroatoms. The molecule has 0 saturated heterocycles. The number of nitrogens with zero attached hydrogens (tertiary/aromatic N) is 2. The molecule has 4 rings (SSSR count). The summed E-state index contributed by atoms with van der Waals surface area (Å²) in [6, 6.07) is 10.3. The standard InChI is InChI=1S/C24H27N3O3/c1-14-9-15(2)23(16(3)10-14)25-22-13-19-18-12-21(30-6)20(29-5)11-17(18)7-8-27(19)24(28)26(22)4/h9-13H,7-8H2,1-6H3/p+1. The van der Waals surface area contributed by atoms with Crippen molar-refractivity contribution < 1.29 is 14.0 Å². The lowest BCUT2D eigenvalue weighted by Crippen LogP contribution is -2.53. The van der Waals surface area contributed by atoms with Gasteiger partial charge in [0.25, 0.3) is 0 Å². The van der Waals surface area contributed by atoms with Gasteiger partial charge < -0.3 is 9.47 Å². The fourth-order valence-electron chi connectivity index (χ4n) is 4.35. The van der Waals surface area contributed by atoms with Crippen molar-refractivity contribution >= 4 is 11.5 Å². The van der Waals surface area contributed by atoms with Crippen LogP contribution in [0.15, 0.2) is 35.1 Å². The van der Waals surface area contributed by atoms with Gasteiger partial charge in [-0.05, 0) is 49.6 Å². The first-order chi connectivity index (χ1) is 14.3. The maximum absolute atomic E-state index is 13.2. The number of hydrogen-bond donors (Lipinski definition) is 1. The van der Waals surface area contributed by atoms with Crippen LogP contribution in [0.2, 0.25) is 0 Å². The number of methoxy groups -OCH3 is 2. The second-order valence-corrected chi connectivity index (χ2v) is 7.92. The molecule has 1 aromatic heterocycles. The monoisotopic (exact) mass is 406 g/mol. The maximum atomic E-state index is 13.2. The zero-order valence-electron chi connectivity index (χ0n) is 18.4. The molecule has 2 heterocycles. The summed E-state index contributed by atoms with van der Waals surface area (Å²) in [6.07, 6.45) is 0.769. The number of ether oxygens (including phenoxy) is 2. The molecule has 0 atom stereocenters. The second kappa shape index (κ2) is 7.52. The molecular formula is C24H28N3O3+. The fraction of sp³-hybridized carbons (Fsp3) is 0.333. The molecule has 0 unspecified atom stereocenters. The summed E-state index contributed by atoms with van der Waals surface area (Å²) < 4.78 is 14.5. The van der Waals surface area contributed by atoms with E-state index in [4.69, 9.17) is 9.47 Å². The largest absolute Gasteiger partial charge is 0.493 e. The first-order valence-electron chi connectivity index (χ1n) is 10.1. The summed E-state index contributed by atoms with van der Waals surface area (Å²) in [7, 11) is 5.07. The van der Waals surface area contributed by atoms with Gasteiger partial charge in [0.2, 0.25) is 5.82 Å². The van der Waals surface area contributed by atoms with Crippen molar-refractivity contribution in [3.05, 3.63) is 63.1 Å². The summed E-state index contributed by atoms with van der Waals surface area (Å²) in [5.41, 5.74) is 7.54. The molecule has 0 amide bonds. The van der Waals surface area contributed by atoms with E-state index in [9.17, 15) is 4.79 Å². The van der Waals surface area contributed by atoms with Gasteiger partial charge in [-0.1, -0.05) is 17.7 Å². The predicted molar refractivity (Wildman–Crippen MR) is 118 cm³/mol. The van der Waals surface area contributed by atoms with E-state index < -0.39 is 0 Å². The molecule has 0 spiro atoms. The first kappa shape index (κ1) is 20.0. The Labute approximate surface area is 176 Å². The summed E-state index contributed by atoms with van der Waals surface area (Å²) in [5, 5.41) is 3.50. The van der Waals surface area contributed by atoms with E-state index in [1.807, 2.05) is 22.8 Å². The second-order valence-electron chi connectivity index (χ2n) is 7.92. The van der Waals surface area contributed by atoms with Crippen molar-refractivity contribution in [2.45, 2.75) is 33.7 Å². The molecule has 0 radical (unpaired) electrons. The SMILES string of the molecule is COc1cc2c(cc1OC)-c1cc(Nc3c(C)cc(C)cc3C)[n+](C)c(=O)n1CC2. The van der Waals surface area contributed by atoms with Gasteiger partial charge in [0.05, 0.1) is 33.9 Å². The molecule has 0 aliphatic carbocycles. The van der Waals surface area contributed by atoms with Gasteiger partial charge in [-0.3, -0.25) is 5.32 Å². The lowest BCUT2D eigenvalue weighted by molar-refractivity contribution is -0.676. The van der Waals surface area contributed by atoms with Gasteiger partial charge in [-0.25, -0.2) is 9.36 Å². The summed E-state index contributed by atoms with van der Waals surface area (Å²) >= 11 is 0. The van der Waals surface area contributed by atoms with Crippen LogP contribution >= 0.6 is 0 Å². The van der Waals surface area contributed by atoms with Crippen LogP contribution in [-0.2, 0) is 20.0 Å². The molecule has 1 aliphatic rings. The number of benzene rings is 2. The van der Waals surface area contributed by atoms with Crippen LogP contribution in [0.5, 0.6) is 11.5 Å². The Kier molecular flexibility index (Phi) is 5.02. The number of hydrogen-bond acceptors (Lipinski definition) is 4. The third-order valence-electron chi connectivity index (χ3n) is 5.86. The molecule has 0 fully saturated rings. The Hall–Kier alpha value is -3.28. The highest BCUT2D eigenvalue weighted by Gasteiger charge is 2.27. The Morgan fingerprint density at radius 3 is 2.23 bits per heavy atom. The smallest absolute Gasteiger partial charge is 0.443 e. The van der Waals surface area contributed by atoms with E-state index in [0.29, 0.717) is 18.0 Å². The minimum Gasteiger partial charge on any atom is -0.493 e. The minimum absolute atomic E-state index is 0.0437. The van der Waals surface area contributed by atoms with Crippen LogP contribution in [0.25, 0.3) is 11.3 Å². The van der Waals surface area contributed by atoms with E-state index in [-0.39, 0.29) is 5.69 Å². The number of rotatable bonds is 4. The number of anilines is 2. The number of aryl methyl sites for hydroxylation is 4. The van der Waals surface area contributed by atoms with Gasteiger partial charge in [0.15, 0.2) is 11.5 Å². The fourth-order valence-corrected chi connectivity index (χ4v) is 4.35. The average molecular weight is 407 g/mol. The molecule has 1 aliphatic heterocycles. The lowest BCUT2D eigenvalue weighted by Gasteiger charge is -2.22. The number of aromatic nitrogens is 2. The third kappa shape index (κ3) is 3.22. The van der Waals surface area contributed by atoms with Gasteiger partial charge in [0, 0.05) is 12.0 Å². The molecular weight excluding hydrogens is 378 g/mol. The van der Waals surface area contributed by atoms with E-state index in [2.05, 4.69) is 38.2 Å². The molecule has 0 bridgehead atoms. The normalized spacial score (nSPS) is 12.2. The molecule has 3 aromatic rings. The summed E-state index contributed by atoms with van der Waals surface area (Å²) in [4.78, 5) is 13.2. The van der Waals surface area contributed by atoms with Crippen molar-refractivity contribution in [3.8, 4) is 22.8 Å². The van der Waals surface area contributed by atoms with E-state index in [1.54, 1.807) is 25.8 Å². The van der Waals surface area contributed by atoms with E-state index in [0.717, 1.165) is 45.9 Å². The van der Waals surface area contributed by atoms with Crippen LogP contribution in [0, 0.1) is 20.8 Å². The third-order valence-corrected chi connectivity index (χ3v) is 5.86. The van der Waals surface area contributed by atoms with Crippen LogP contribution in [0.1, 0.15) is 22.3 Å². The van der Waals surface area contributed by atoms with Gasteiger partial charge in [-0.15, -0.1) is 0 Å². The average Bonchev–Trinajstić information content (AvgIpc) is 2.72. The van der Waals surface area contributed by atoms with Crippen molar-refractivity contribution in [1.29, 1.82) is 0 Å². The Morgan fingerprint density at radius 1 is 0.967 bits per heavy atom. The maximum Gasteiger partial charge on any atom is 0.443 e. The highest BCUT2D eigenvalue weighted by Crippen LogP contribution is 2.38. The Bertz CT molecular complexity index is 1190. The predicted octanol–water partition coefficient (Wildman–Crippen LogP) is 3.58. The molecule has 2 aromatic carbocycles. The van der Waals surface area contributed by atoms with Gasteiger partial charge >= 0.3 is 5.69 Å². The molecule has 6 nitrogen and oxygen atoms in total. The highest BCUT2D eigenvalue weighted by atomic mass is 16.5. The zero-order chi connectivity index (χ0) is 21.6. The Balaban J connectivity index is 1.89. The van der Waals surface area contributed by atoms with Crippen LogP contribution < -0.4 is 25.0 Å². The van der Waals surface area contributed by atoms with Gasteiger partial charge in [0.1, 0.15) is 11.4 Å². The highest BCUT2D eigenvalue weighted by molar-refractivity contribution is 5.73. The van der Waals surface area contributed by atoms with Crippen molar-refractivity contribution in [2.24, 2.45) is 7.05 Å². The van der Waals surface area contributed by atoms with E-state index in [1.165, 1.54) is 5.56 Å². The van der Waals surface area contributed by atoms with Crippen molar-refractivity contribution in [1.82, 2.24) is 4.57 Å². The van der Waals surface area contributed by atoms with Crippen LogP contribution in [-0.4, -0.2) is 18.8 Å². The summed E-state index contributed by atoms with van der Waals surface area (Å²) in [5.74, 6) is 2.12. The van der Waals surface area contributed by atoms with Crippen molar-refractivity contribution in [2.75, 3.05) is 19.5 Å². The lowest BCUT2D eigenvalue weighted by atomic mass is 9.96. The van der Waals surface area contributed by atoms with Crippen LogP contribution in [0.4, 0.5) is 11.5 Å². The molecule has 1 N–H and O–H groups in total. The van der Waals surface area contributed by atoms with Crippen LogP contribution in [0.3, 0.4) is 0 Å². The minimum atomic E-state index is -0.0437. The molecule has 156 valence electrons.